The SMILES string of the molecule is CSc1nc2c(s1)c(=O)n(-c1ccc(C)cc1)c(=O)n2CC(=O)NCc1ccc2c(c1)OCO2. The van der Waals surface area contributed by atoms with Crippen molar-refractivity contribution < 1.29 is 14.3 Å². The molecule has 1 aliphatic rings. The second-order valence-corrected chi connectivity index (χ2v) is 9.70. The van der Waals surface area contributed by atoms with E-state index in [9.17, 15) is 14.4 Å². The Balaban J connectivity index is 1.48. The van der Waals surface area contributed by atoms with Crippen molar-refractivity contribution in [3.63, 3.8) is 0 Å². The summed E-state index contributed by atoms with van der Waals surface area (Å²) in [5.41, 5.74) is 1.43. The highest BCUT2D eigenvalue weighted by atomic mass is 32.2. The molecule has 0 fully saturated rings. The molecule has 0 radical (unpaired) electrons. The molecular weight excluding hydrogens is 476 g/mol. The number of thioether (sulfide) groups is 1. The van der Waals surface area contributed by atoms with Gasteiger partial charge in [-0.05, 0) is 43.0 Å². The number of amides is 1. The second-order valence-electron chi connectivity index (χ2n) is 7.65. The van der Waals surface area contributed by atoms with Gasteiger partial charge in [0.2, 0.25) is 12.7 Å². The van der Waals surface area contributed by atoms with E-state index in [2.05, 4.69) is 10.3 Å². The third kappa shape index (κ3) is 4.08. The molecule has 174 valence electrons. The molecule has 0 spiro atoms. The van der Waals surface area contributed by atoms with Crippen LogP contribution in [0.3, 0.4) is 0 Å². The maximum absolute atomic E-state index is 13.4. The van der Waals surface area contributed by atoms with Crippen LogP contribution >= 0.6 is 23.1 Å². The molecule has 2 aromatic carbocycles. The van der Waals surface area contributed by atoms with Gasteiger partial charge in [-0.25, -0.2) is 14.3 Å². The quantitative estimate of drug-likeness (QED) is 0.409. The van der Waals surface area contributed by atoms with Crippen molar-refractivity contribution >= 4 is 39.4 Å². The minimum Gasteiger partial charge on any atom is -0.454 e. The summed E-state index contributed by atoms with van der Waals surface area (Å²) < 4.78 is 14.0. The maximum atomic E-state index is 13.4. The van der Waals surface area contributed by atoms with Gasteiger partial charge >= 0.3 is 5.69 Å². The van der Waals surface area contributed by atoms with Gasteiger partial charge in [-0.2, -0.15) is 0 Å². The zero-order valence-corrected chi connectivity index (χ0v) is 20.0. The lowest BCUT2D eigenvalue weighted by Gasteiger charge is -2.12. The van der Waals surface area contributed by atoms with E-state index in [0.717, 1.165) is 15.7 Å². The molecule has 0 unspecified atom stereocenters. The molecule has 0 saturated heterocycles. The Kier molecular flexibility index (Phi) is 5.88. The molecule has 4 aromatic rings. The molecular formula is C23H20N4O5S2. The van der Waals surface area contributed by atoms with Crippen molar-refractivity contribution in [1.29, 1.82) is 0 Å². The third-order valence-electron chi connectivity index (χ3n) is 5.36. The van der Waals surface area contributed by atoms with E-state index in [1.165, 1.54) is 27.7 Å². The zero-order valence-electron chi connectivity index (χ0n) is 18.4. The fourth-order valence-corrected chi connectivity index (χ4v) is 5.11. The minimum absolute atomic E-state index is 0.173. The molecule has 0 atom stereocenters. The van der Waals surface area contributed by atoms with Crippen LogP contribution in [0.4, 0.5) is 0 Å². The topological polar surface area (TPSA) is 104 Å². The van der Waals surface area contributed by atoms with E-state index in [1.54, 1.807) is 24.3 Å². The molecule has 11 heteroatoms. The Morgan fingerprint density at radius 1 is 1.15 bits per heavy atom. The number of rotatable bonds is 6. The van der Waals surface area contributed by atoms with E-state index >= 15 is 0 Å². The average molecular weight is 497 g/mol. The number of nitrogens with zero attached hydrogens (tertiary/aromatic N) is 3. The van der Waals surface area contributed by atoms with E-state index in [-0.39, 0.29) is 31.4 Å². The number of carbonyl (C=O) groups is 1. The van der Waals surface area contributed by atoms with Crippen LogP contribution in [-0.2, 0) is 17.9 Å². The fourth-order valence-electron chi connectivity index (χ4n) is 3.62. The monoisotopic (exact) mass is 496 g/mol. The first-order valence-corrected chi connectivity index (χ1v) is 12.4. The van der Waals surface area contributed by atoms with E-state index in [0.29, 0.717) is 26.2 Å². The molecule has 5 rings (SSSR count). The Labute approximate surface area is 202 Å². The number of hydrogen-bond donors (Lipinski definition) is 1. The lowest BCUT2D eigenvalue weighted by molar-refractivity contribution is -0.121. The number of carbonyl (C=O) groups excluding carboxylic acids is 1. The van der Waals surface area contributed by atoms with Gasteiger partial charge in [0.15, 0.2) is 21.5 Å². The Morgan fingerprint density at radius 3 is 2.68 bits per heavy atom. The second kappa shape index (κ2) is 8.99. The van der Waals surface area contributed by atoms with Crippen LogP contribution < -0.4 is 26.0 Å². The summed E-state index contributed by atoms with van der Waals surface area (Å²) in [5.74, 6) is 0.909. The third-order valence-corrected chi connectivity index (χ3v) is 7.38. The number of thiazole rings is 1. The zero-order chi connectivity index (χ0) is 23.8. The highest BCUT2D eigenvalue weighted by Gasteiger charge is 2.20. The molecule has 1 N–H and O–H groups in total. The van der Waals surface area contributed by atoms with Crippen LogP contribution in [0, 0.1) is 6.92 Å². The van der Waals surface area contributed by atoms with Crippen molar-refractivity contribution in [2.24, 2.45) is 0 Å². The minimum atomic E-state index is -0.613. The highest BCUT2D eigenvalue weighted by molar-refractivity contribution is 8.00. The van der Waals surface area contributed by atoms with Crippen LogP contribution in [0.5, 0.6) is 11.5 Å². The van der Waals surface area contributed by atoms with Crippen LogP contribution in [0.25, 0.3) is 16.0 Å². The van der Waals surface area contributed by atoms with Gasteiger partial charge < -0.3 is 14.8 Å². The van der Waals surface area contributed by atoms with Gasteiger partial charge in [-0.15, -0.1) is 11.3 Å². The van der Waals surface area contributed by atoms with Crippen molar-refractivity contribution in [3.8, 4) is 17.2 Å². The molecule has 1 amide bonds. The van der Waals surface area contributed by atoms with Crippen molar-refractivity contribution in [2.75, 3.05) is 13.0 Å². The van der Waals surface area contributed by atoms with Crippen molar-refractivity contribution in [1.82, 2.24) is 19.4 Å². The van der Waals surface area contributed by atoms with Gasteiger partial charge in [-0.3, -0.25) is 14.2 Å². The lowest BCUT2D eigenvalue weighted by atomic mass is 10.2. The summed E-state index contributed by atoms with van der Waals surface area (Å²) >= 11 is 2.59. The molecule has 34 heavy (non-hydrogen) atoms. The van der Waals surface area contributed by atoms with Gasteiger partial charge in [0, 0.05) is 6.54 Å². The van der Waals surface area contributed by atoms with Crippen molar-refractivity contribution in [3.05, 3.63) is 74.4 Å². The number of aryl methyl sites for hydroxylation is 1. The molecule has 0 aliphatic carbocycles. The fraction of sp³-hybridized carbons (Fsp3) is 0.217. The molecule has 1 aliphatic heterocycles. The largest absolute Gasteiger partial charge is 0.454 e. The Bertz CT molecular complexity index is 1520. The standard InChI is InChI=1S/C23H20N4O5S2/c1-13-3-6-15(7-4-13)27-21(29)19-20(25-22(33-2)34-19)26(23(27)30)11-18(28)24-10-14-5-8-16-17(9-14)32-12-31-16/h3-9H,10-12H2,1-2H3,(H,24,28). The number of nitrogens with one attached hydrogen (secondary N) is 1. The number of benzene rings is 2. The number of fused-ring (bicyclic) bond motifs is 2. The van der Waals surface area contributed by atoms with Gasteiger partial charge in [0.1, 0.15) is 11.2 Å². The Morgan fingerprint density at radius 2 is 1.91 bits per heavy atom. The summed E-state index contributed by atoms with van der Waals surface area (Å²) in [6.45, 7) is 2.07. The van der Waals surface area contributed by atoms with E-state index in [4.69, 9.17) is 9.47 Å². The maximum Gasteiger partial charge on any atom is 0.337 e. The lowest BCUT2D eigenvalue weighted by Crippen LogP contribution is -2.41. The molecule has 0 saturated carbocycles. The summed E-state index contributed by atoms with van der Waals surface area (Å²) in [5, 5.41) is 2.82. The van der Waals surface area contributed by atoms with E-state index < -0.39 is 11.2 Å². The first kappa shape index (κ1) is 22.2. The highest BCUT2D eigenvalue weighted by Crippen LogP contribution is 2.32. The first-order chi connectivity index (χ1) is 16.4. The normalized spacial score (nSPS) is 12.3. The number of aromatic nitrogens is 3. The molecule has 0 bridgehead atoms. The average Bonchev–Trinajstić information content (AvgIpc) is 3.48. The summed E-state index contributed by atoms with van der Waals surface area (Å²) in [6.07, 6.45) is 1.84. The van der Waals surface area contributed by atoms with Gasteiger partial charge in [-0.1, -0.05) is 35.5 Å². The molecule has 3 heterocycles. The molecule has 9 nitrogen and oxygen atoms in total. The number of ether oxygens (including phenoxy) is 2. The Hall–Kier alpha value is -3.57. The smallest absolute Gasteiger partial charge is 0.337 e. The van der Waals surface area contributed by atoms with Crippen LogP contribution in [-0.4, -0.2) is 33.1 Å². The summed E-state index contributed by atoms with van der Waals surface area (Å²) in [7, 11) is 0. The van der Waals surface area contributed by atoms with Crippen LogP contribution in [0.1, 0.15) is 11.1 Å². The predicted molar refractivity (Wildman–Crippen MR) is 130 cm³/mol. The van der Waals surface area contributed by atoms with Crippen molar-refractivity contribution in [2.45, 2.75) is 24.4 Å². The van der Waals surface area contributed by atoms with Gasteiger partial charge in [0.05, 0.1) is 5.69 Å². The van der Waals surface area contributed by atoms with E-state index in [1.807, 2.05) is 31.4 Å². The summed E-state index contributed by atoms with van der Waals surface area (Å²) in [6, 6.07) is 12.5. The molecule has 2 aromatic heterocycles. The van der Waals surface area contributed by atoms with Gasteiger partial charge in [0.25, 0.3) is 5.56 Å². The summed E-state index contributed by atoms with van der Waals surface area (Å²) in [4.78, 5) is 43.9. The van der Waals surface area contributed by atoms with Crippen LogP contribution in [0.15, 0.2) is 56.4 Å². The first-order valence-electron chi connectivity index (χ1n) is 10.4. The predicted octanol–water partition coefficient (Wildman–Crippen LogP) is 2.68. The van der Waals surface area contributed by atoms with Crippen LogP contribution in [0.2, 0.25) is 0 Å². The number of hydrogen-bond acceptors (Lipinski definition) is 8.